The summed E-state index contributed by atoms with van der Waals surface area (Å²) < 4.78 is 38.9. The fourth-order valence-electron chi connectivity index (χ4n) is 1.60. The van der Waals surface area contributed by atoms with E-state index in [9.17, 15) is 18.3 Å². The monoisotopic (exact) mass is 242 g/mol. The zero-order valence-corrected chi connectivity index (χ0v) is 8.86. The van der Waals surface area contributed by atoms with Crippen LogP contribution in [0, 0.1) is 0 Å². The molecule has 0 spiro atoms. The molecule has 17 heavy (non-hydrogen) atoms. The predicted molar refractivity (Wildman–Crippen MR) is 55.3 cm³/mol. The van der Waals surface area contributed by atoms with Gasteiger partial charge in [-0.3, -0.25) is 4.68 Å². The molecule has 0 fully saturated rings. The first kappa shape index (κ1) is 11.5. The van der Waals surface area contributed by atoms with Crippen LogP contribution in [0.5, 0.6) is 5.75 Å². The first-order valence-electron chi connectivity index (χ1n) is 4.78. The average Bonchev–Trinajstić information content (AvgIpc) is 2.57. The Labute approximate surface area is 95.1 Å². The SMILES string of the molecule is Cn1ncc(O)c1-c1cccc(C(F)(F)F)c1. The largest absolute Gasteiger partial charge is 0.504 e. The lowest BCUT2D eigenvalue weighted by Crippen LogP contribution is -2.05. The van der Waals surface area contributed by atoms with E-state index in [0.717, 1.165) is 12.1 Å². The number of aryl methyl sites for hydroxylation is 1. The molecule has 0 aliphatic rings. The maximum absolute atomic E-state index is 12.5. The van der Waals surface area contributed by atoms with Gasteiger partial charge >= 0.3 is 6.18 Å². The summed E-state index contributed by atoms with van der Waals surface area (Å²) in [6.07, 6.45) is -3.21. The lowest BCUT2D eigenvalue weighted by atomic mass is 10.1. The quantitative estimate of drug-likeness (QED) is 0.835. The summed E-state index contributed by atoms with van der Waals surface area (Å²) in [7, 11) is 1.55. The molecule has 0 atom stereocenters. The van der Waals surface area contributed by atoms with Gasteiger partial charge in [0.25, 0.3) is 0 Å². The Hall–Kier alpha value is -1.98. The van der Waals surface area contributed by atoms with Gasteiger partial charge in [-0.1, -0.05) is 12.1 Å². The minimum Gasteiger partial charge on any atom is -0.504 e. The zero-order valence-electron chi connectivity index (χ0n) is 8.86. The zero-order chi connectivity index (χ0) is 12.6. The van der Waals surface area contributed by atoms with Crippen LogP contribution in [0.1, 0.15) is 5.56 Å². The van der Waals surface area contributed by atoms with Crippen molar-refractivity contribution in [3.05, 3.63) is 36.0 Å². The van der Waals surface area contributed by atoms with Crippen LogP contribution < -0.4 is 0 Å². The summed E-state index contributed by atoms with van der Waals surface area (Å²) in [4.78, 5) is 0. The second-order valence-electron chi connectivity index (χ2n) is 3.58. The van der Waals surface area contributed by atoms with Crippen LogP contribution in [0.3, 0.4) is 0 Å². The van der Waals surface area contributed by atoms with Gasteiger partial charge in [-0.25, -0.2) is 0 Å². The minimum atomic E-state index is -4.40. The van der Waals surface area contributed by atoms with Crippen molar-refractivity contribution in [2.24, 2.45) is 7.05 Å². The van der Waals surface area contributed by atoms with E-state index in [1.165, 1.54) is 23.0 Å². The number of benzene rings is 1. The summed E-state index contributed by atoms with van der Waals surface area (Å²) in [5, 5.41) is 13.3. The van der Waals surface area contributed by atoms with E-state index < -0.39 is 11.7 Å². The van der Waals surface area contributed by atoms with Gasteiger partial charge in [-0.15, -0.1) is 0 Å². The molecule has 0 unspecified atom stereocenters. The highest BCUT2D eigenvalue weighted by Gasteiger charge is 2.30. The van der Waals surface area contributed by atoms with Crippen LogP contribution in [0.2, 0.25) is 0 Å². The number of hydrogen-bond donors (Lipinski definition) is 1. The summed E-state index contributed by atoms with van der Waals surface area (Å²) >= 11 is 0. The summed E-state index contributed by atoms with van der Waals surface area (Å²) in [5.41, 5.74) is -0.218. The third-order valence-electron chi connectivity index (χ3n) is 2.38. The number of rotatable bonds is 1. The molecule has 0 aliphatic heterocycles. The molecule has 1 heterocycles. The molecule has 0 saturated carbocycles. The van der Waals surface area contributed by atoms with Gasteiger partial charge in [0.05, 0.1) is 11.8 Å². The molecule has 0 radical (unpaired) electrons. The number of aromatic nitrogens is 2. The molecular weight excluding hydrogens is 233 g/mol. The first-order valence-corrected chi connectivity index (χ1v) is 4.78. The Bertz CT molecular complexity index is 526. The lowest BCUT2D eigenvalue weighted by molar-refractivity contribution is -0.137. The maximum atomic E-state index is 12.5. The second-order valence-corrected chi connectivity index (χ2v) is 3.58. The highest BCUT2D eigenvalue weighted by molar-refractivity contribution is 5.66. The number of halogens is 3. The van der Waals surface area contributed by atoms with E-state index in [4.69, 9.17) is 0 Å². The van der Waals surface area contributed by atoms with Gasteiger partial charge in [0.1, 0.15) is 5.69 Å². The third kappa shape index (κ3) is 2.11. The van der Waals surface area contributed by atoms with Crippen molar-refractivity contribution in [3.63, 3.8) is 0 Å². The molecule has 0 aliphatic carbocycles. The van der Waals surface area contributed by atoms with E-state index in [2.05, 4.69) is 5.10 Å². The fraction of sp³-hybridized carbons (Fsp3) is 0.182. The summed E-state index contributed by atoms with van der Waals surface area (Å²) in [6.45, 7) is 0. The van der Waals surface area contributed by atoms with Crippen molar-refractivity contribution in [2.45, 2.75) is 6.18 Å². The molecule has 1 N–H and O–H groups in total. The van der Waals surface area contributed by atoms with Gasteiger partial charge in [0, 0.05) is 12.6 Å². The second kappa shape index (κ2) is 3.80. The molecule has 1 aromatic heterocycles. The number of aromatic hydroxyl groups is 1. The normalized spacial score (nSPS) is 11.8. The molecule has 0 amide bonds. The van der Waals surface area contributed by atoms with Gasteiger partial charge in [0.2, 0.25) is 0 Å². The Morgan fingerprint density at radius 1 is 1.29 bits per heavy atom. The molecule has 6 heteroatoms. The third-order valence-corrected chi connectivity index (χ3v) is 2.38. The molecule has 0 saturated heterocycles. The summed E-state index contributed by atoms with van der Waals surface area (Å²) in [6, 6.07) is 4.75. The molecular formula is C11H9F3N2O. The van der Waals surface area contributed by atoms with Crippen LogP contribution in [-0.2, 0) is 13.2 Å². The van der Waals surface area contributed by atoms with Crippen molar-refractivity contribution in [1.82, 2.24) is 9.78 Å². The van der Waals surface area contributed by atoms with Crippen LogP contribution in [0.15, 0.2) is 30.5 Å². The predicted octanol–water partition coefficient (Wildman–Crippen LogP) is 2.81. The van der Waals surface area contributed by atoms with Gasteiger partial charge in [-0.2, -0.15) is 18.3 Å². The number of alkyl halides is 3. The highest BCUT2D eigenvalue weighted by atomic mass is 19.4. The molecule has 3 nitrogen and oxygen atoms in total. The molecule has 1 aromatic carbocycles. The molecule has 0 bridgehead atoms. The Morgan fingerprint density at radius 2 is 2.00 bits per heavy atom. The van der Waals surface area contributed by atoms with E-state index in [0.29, 0.717) is 0 Å². The smallest absolute Gasteiger partial charge is 0.416 e. The van der Waals surface area contributed by atoms with Gasteiger partial charge < -0.3 is 5.11 Å². The van der Waals surface area contributed by atoms with Crippen LogP contribution in [0.4, 0.5) is 13.2 Å². The van der Waals surface area contributed by atoms with E-state index in [1.807, 2.05) is 0 Å². The van der Waals surface area contributed by atoms with Crippen molar-refractivity contribution in [2.75, 3.05) is 0 Å². The molecule has 90 valence electrons. The molecule has 2 rings (SSSR count). The minimum absolute atomic E-state index is 0.146. The standard InChI is InChI=1S/C11H9F3N2O/c1-16-10(9(17)6-15-16)7-3-2-4-8(5-7)11(12,13)14/h2-6,17H,1H3. The van der Waals surface area contributed by atoms with E-state index in [-0.39, 0.29) is 17.0 Å². The van der Waals surface area contributed by atoms with Crippen molar-refractivity contribution in [3.8, 4) is 17.0 Å². The van der Waals surface area contributed by atoms with Crippen LogP contribution >= 0.6 is 0 Å². The molecule has 2 aromatic rings. The number of hydrogen-bond acceptors (Lipinski definition) is 2. The maximum Gasteiger partial charge on any atom is 0.416 e. The topological polar surface area (TPSA) is 38.0 Å². The fourth-order valence-corrected chi connectivity index (χ4v) is 1.60. The number of nitrogens with zero attached hydrogens (tertiary/aromatic N) is 2. The van der Waals surface area contributed by atoms with Gasteiger partial charge in [0.15, 0.2) is 5.75 Å². The lowest BCUT2D eigenvalue weighted by Gasteiger charge is -2.09. The average molecular weight is 242 g/mol. The Balaban J connectivity index is 2.55. The van der Waals surface area contributed by atoms with Crippen LogP contribution in [-0.4, -0.2) is 14.9 Å². The van der Waals surface area contributed by atoms with Crippen molar-refractivity contribution >= 4 is 0 Å². The summed E-state index contributed by atoms with van der Waals surface area (Å²) in [5.74, 6) is -0.146. The van der Waals surface area contributed by atoms with E-state index in [1.54, 1.807) is 7.05 Å². The first-order chi connectivity index (χ1) is 7.89. The Morgan fingerprint density at radius 3 is 2.53 bits per heavy atom. The van der Waals surface area contributed by atoms with Crippen molar-refractivity contribution in [1.29, 1.82) is 0 Å². The van der Waals surface area contributed by atoms with E-state index >= 15 is 0 Å². The van der Waals surface area contributed by atoms with Crippen molar-refractivity contribution < 1.29 is 18.3 Å². The Kier molecular flexibility index (Phi) is 2.57. The highest BCUT2D eigenvalue weighted by Crippen LogP contribution is 2.34. The van der Waals surface area contributed by atoms with Crippen LogP contribution in [0.25, 0.3) is 11.3 Å². The van der Waals surface area contributed by atoms with Gasteiger partial charge in [-0.05, 0) is 12.1 Å².